The van der Waals surface area contributed by atoms with Crippen LogP contribution in [-0.4, -0.2) is 9.52 Å². The number of hydrogen-bond donors (Lipinski definition) is 0. The Morgan fingerprint density at radius 1 is 0.140 bits per heavy atom. The summed E-state index contributed by atoms with van der Waals surface area (Å²) >= 11 is 0. The van der Waals surface area contributed by atoms with Crippen LogP contribution in [0.3, 0.4) is 0 Å². The van der Waals surface area contributed by atoms with Crippen LogP contribution in [-0.2, 0) is 0 Å². The van der Waals surface area contributed by atoms with Crippen molar-refractivity contribution in [3.05, 3.63) is 0 Å². The van der Waals surface area contributed by atoms with Crippen LogP contribution >= 0.6 is 0 Å². The molecular formula is C56H114Si. The van der Waals surface area contributed by atoms with Gasteiger partial charge in [0.05, 0.1) is 0 Å². The Morgan fingerprint density at radius 2 is 0.246 bits per heavy atom. The SMILES string of the molecule is CCCCCCCCCCCCCCCCCCCCCCCCCCCC[Si]CCCCCCCCCCCCCCCCCCCCCCCCCCCC. The normalized spacial score (nSPS) is 11.7. The summed E-state index contributed by atoms with van der Waals surface area (Å²) in [5.74, 6) is 0. The van der Waals surface area contributed by atoms with E-state index in [2.05, 4.69) is 13.8 Å². The third-order valence-corrected chi connectivity index (χ3v) is 14.8. The molecule has 0 aliphatic rings. The first-order valence-corrected chi connectivity index (χ1v) is 29.5. The highest BCUT2D eigenvalue weighted by molar-refractivity contribution is 6.35. The minimum absolute atomic E-state index is 1.25. The van der Waals surface area contributed by atoms with Crippen molar-refractivity contribution in [3.63, 3.8) is 0 Å². The predicted molar refractivity (Wildman–Crippen MR) is 267 cm³/mol. The van der Waals surface area contributed by atoms with Crippen molar-refractivity contribution in [1.82, 2.24) is 0 Å². The smallest absolute Gasteiger partial charge is 0.0378 e. The highest BCUT2D eigenvalue weighted by Gasteiger charge is 1.99. The Bertz CT molecular complexity index is 589. The summed E-state index contributed by atoms with van der Waals surface area (Å²) < 4.78 is 0. The molecule has 0 amide bonds. The molecule has 0 saturated carbocycles. The van der Waals surface area contributed by atoms with E-state index >= 15 is 0 Å². The van der Waals surface area contributed by atoms with Gasteiger partial charge in [0.15, 0.2) is 0 Å². The average molecular weight is 816 g/mol. The van der Waals surface area contributed by atoms with Gasteiger partial charge < -0.3 is 0 Å². The predicted octanol–water partition coefficient (Wildman–Crippen LogP) is 21.9. The van der Waals surface area contributed by atoms with E-state index in [0.717, 1.165) is 0 Å². The van der Waals surface area contributed by atoms with Crippen LogP contribution in [0.25, 0.3) is 0 Å². The third-order valence-electron chi connectivity index (χ3n) is 13.4. The largest absolute Gasteiger partial charge is 0.0654 e. The Morgan fingerprint density at radius 3 is 0.368 bits per heavy atom. The monoisotopic (exact) mass is 815 g/mol. The van der Waals surface area contributed by atoms with Crippen molar-refractivity contribution in [2.75, 3.05) is 0 Å². The van der Waals surface area contributed by atoms with Gasteiger partial charge in [-0.15, -0.1) is 0 Å². The molecule has 0 aliphatic carbocycles. The Kier molecular flexibility index (Phi) is 56.4. The van der Waals surface area contributed by atoms with E-state index in [1.165, 1.54) is 355 Å². The van der Waals surface area contributed by atoms with Crippen molar-refractivity contribution >= 4 is 9.52 Å². The second-order valence-corrected chi connectivity index (χ2v) is 20.9. The Hall–Kier alpha value is 0.217. The van der Waals surface area contributed by atoms with Crippen LogP contribution in [0.1, 0.15) is 348 Å². The van der Waals surface area contributed by atoms with Crippen LogP contribution in [0.4, 0.5) is 0 Å². The van der Waals surface area contributed by atoms with Gasteiger partial charge in [-0.05, 0) is 0 Å². The van der Waals surface area contributed by atoms with Gasteiger partial charge in [-0.25, -0.2) is 0 Å². The zero-order valence-electron chi connectivity index (χ0n) is 40.7. The van der Waals surface area contributed by atoms with E-state index in [4.69, 9.17) is 0 Å². The van der Waals surface area contributed by atoms with Crippen molar-refractivity contribution in [3.8, 4) is 0 Å². The highest BCUT2D eigenvalue weighted by atomic mass is 28.2. The molecule has 0 bridgehead atoms. The molecule has 0 aromatic carbocycles. The maximum Gasteiger partial charge on any atom is 0.0378 e. The molecule has 0 fully saturated rings. The lowest BCUT2D eigenvalue weighted by Crippen LogP contribution is -1.90. The highest BCUT2D eigenvalue weighted by Crippen LogP contribution is 2.19. The van der Waals surface area contributed by atoms with Crippen LogP contribution in [0.2, 0.25) is 12.1 Å². The maximum atomic E-state index is 2.31. The molecule has 0 saturated heterocycles. The molecule has 1 heteroatoms. The summed E-state index contributed by atoms with van der Waals surface area (Å²) in [6.45, 7) is 4.63. The second-order valence-electron chi connectivity index (χ2n) is 19.4. The Balaban J connectivity index is 3.05. The zero-order chi connectivity index (χ0) is 40.9. The van der Waals surface area contributed by atoms with Gasteiger partial charge in [-0.3, -0.25) is 0 Å². The van der Waals surface area contributed by atoms with E-state index in [1.54, 1.807) is 0 Å². The molecule has 342 valence electrons. The summed E-state index contributed by atoms with van der Waals surface area (Å²) in [6.07, 6.45) is 77.5. The quantitative estimate of drug-likeness (QED) is 0.0424. The van der Waals surface area contributed by atoms with Gasteiger partial charge in [0, 0.05) is 9.52 Å². The van der Waals surface area contributed by atoms with Crippen molar-refractivity contribution < 1.29 is 0 Å². The first-order valence-electron chi connectivity index (χ1n) is 28.1. The molecule has 0 aromatic heterocycles. The summed E-state index contributed by atoms with van der Waals surface area (Å²) in [5, 5.41) is 0. The molecule has 0 nitrogen and oxygen atoms in total. The first-order chi connectivity index (χ1) is 28.4. The lowest BCUT2D eigenvalue weighted by Gasteiger charge is -2.05. The molecule has 0 spiro atoms. The lowest BCUT2D eigenvalue weighted by atomic mass is 10.0. The summed E-state index contributed by atoms with van der Waals surface area (Å²) in [7, 11) is 1.25. The van der Waals surface area contributed by atoms with E-state index in [0.29, 0.717) is 0 Å². The summed E-state index contributed by atoms with van der Waals surface area (Å²) in [4.78, 5) is 0. The minimum Gasteiger partial charge on any atom is -0.0654 e. The first kappa shape index (κ1) is 57.2. The molecule has 0 aromatic rings. The third kappa shape index (κ3) is 56.2. The van der Waals surface area contributed by atoms with E-state index in [-0.39, 0.29) is 0 Å². The van der Waals surface area contributed by atoms with Crippen LogP contribution in [0.5, 0.6) is 0 Å². The van der Waals surface area contributed by atoms with Gasteiger partial charge in [0.1, 0.15) is 0 Å². The fourth-order valence-electron chi connectivity index (χ4n) is 9.26. The zero-order valence-corrected chi connectivity index (χ0v) is 41.7. The summed E-state index contributed by atoms with van der Waals surface area (Å²) in [5.41, 5.74) is 0. The second kappa shape index (κ2) is 56.2. The maximum absolute atomic E-state index is 2.31. The van der Waals surface area contributed by atoms with E-state index in [9.17, 15) is 0 Å². The van der Waals surface area contributed by atoms with Gasteiger partial charge in [0.25, 0.3) is 0 Å². The fraction of sp³-hybridized carbons (Fsp3) is 1.00. The molecule has 0 atom stereocenters. The molecule has 0 heterocycles. The minimum atomic E-state index is 1.25. The van der Waals surface area contributed by atoms with Gasteiger partial charge in [-0.1, -0.05) is 360 Å². The number of unbranched alkanes of at least 4 members (excludes halogenated alkanes) is 50. The molecule has 2 radical (unpaired) electrons. The topological polar surface area (TPSA) is 0 Å². The number of rotatable bonds is 54. The molecule has 57 heavy (non-hydrogen) atoms. The van der Waals surface area contributed by atoms with Gasteiger partial charge in [0.2, 0.25) is 0 Å². The van der Waals surface area contributed by atoms with Crippen LogP contribution < -0.4 is 0 Å². The van der Waals surface area contributed by atoms with Crippen molar-refractivity contribution in [2.45, 2.75) is 360 Å². The van der Waals surface area contributed by atoms with E-state index in [1.807, 2.05) is 0 Å². The van der Waals surface area contributed by atoms with Gasteiger partial charge >= 0.3 is 0 Å². The fourth-order valence-corrected chi connectivity index (χ4v) is 10.5. The number of hydrogen-bond acceptors (Lipinski definition) is 0. The molecule has 0 aliphatic heterocycles. The van der Waals surface area contributed by atoms with Crippen LogP contribution in [0, 0.1) is 0 Å². The Labute approximate surface area is 367 Å². The molecule has 0 N–H and O–H groups in total. The van der Waals surface area contributed by atoms with Gasteiger partial charge in [-0.2, -0.15) is 0 Å². The molecular weight excluding hydrogens is 701 g/mol. The van der Waals surface area contributed by atoms with Crippen molar-refractivity contribution in [1.29, 1.82) is 0 Å². The lowest BCUT2D eigenvalue weighted by molar-refractivity contribution is 0.516. The van der Waals surface area contributed by atoms with Crippen LogP contribution in [0.15, 0.2) is 0 Å². The van der Waals surface area contributed by atoms with Crippen molar-refractivity contribution in [2.24, 2.45) is 0 Å². The molecule has 0 unspecified atom stereocenters. The summed E-state index contributed by atoms with van der Waals surface area (Å²) in [6, 6.07) is 3.05. The van der Waals surface area contributed by atoms with E-state index < -0.39 is 0 Å². The average Bonchev–Trinajstić information content (AvgIpc) is 3.22. The standard InChI is InChI=1S/C56H114Si/c1-3-5-7-9-11-13-15-17-19-21-23-25-27-29-31-33-35-37-39-41-43-45-47-49-51-53-55-57-56-54-52-50-48-46-44-42-40-38-36-34-32-30-28-26-24-22-20-18-16-14-12-10-8-6-4-2/h3-56H2,1-2H3. The molecule has 0 rings (SSSR count).